The van der Waals surface area contributed by atoms with Gasteiger partial charge in [0.2, 0.25) is 11.8 Å². The highest BCUT2D eigenvalue weighted by Gasteiger charge is 2.30. The van der Waals surface area contributed by atoms with Crippen molar-refractivity contribution >= 4 is 11.8 Å². The van der Waals surface area contributed by atoms with E-state index in [1.54, 1.807) is 0 Å². The zero-order chi connectivity index (χ0) is 12.3. The molecule has 1 aliphatic carbocycles. The van der Waals surface area contributed by atoms with Crippen molar-refractivity contribution in [3.05, 3.63) is 0 Å². The van der Waals surface area contributed by atoms with Crippen molar-refractivity contribution < 1.29 is 14.7 Å². The van der Waals surface area contributed by atoms with Crippen LogP contribution < -0.4 is 10.6 Å². The van der Waals surface area contributed by atoms with Crippen LogP contribution in [0, 0.1) is 0 Å². The second-order valence-corrected chi connectivity index (χ2v) is 4.98. The second kappa shape index (κ2) is 5.49. The van der Waals surface area contributed by atoms with Gasteiger partial charge in [-0.15, -0.1) is 0 Å². The summed E-state index contributed by atoms with van der Waals surface area (Å²) < 4.78 is 0. The largest absolute Gasteiger partial charge is 0.391 e. The van der Waals surface area contributed by atoms with E-state index in [0.29, 0.717) is 12.8 Å². The quantitative estimate of drug-likeness (QED) is 0.598. The molecule has 96 valence electrons. The fourth-order valence-corrected chi connectivity index (χ4v) is 2.55. The van der Waals surface area contributed by atoms with Crippen molar-refractivity contribution in [3.8, 4) is 0 Å². The number of aliphatic hydroxyl groups is 1. The number of nitrogens with one attached hydrogen (secondary N) is 2. The molecule has 0 aromatic carbocycles. The standard InChI is InChI=1S/C12H20N2O3/c15-10-5-3-1-2-4-8(10)14-12(17)9-6-7-11(16)13-9/h8-10,15H,1-7H2,(H,13,16)(H,14,17). The molecule has 17 heavy (non-hydrogen) atoms. The van der Waals surface area contributed by atoms with Gasteiger partial charge in [-0.1, -0.05) is 19.3 Å². The fraction of sp³-hybridized carbons (Fsp3) is 0.833. The summed E-state index contributed by atoms with van der Waals surface area (Å²) in [7, 11) is 0. The highest BCUT2D eigenvalue weighted by molar-refractivity contribution is 5.90. The number of carbonyl (C=O) groups is 2. The van der Waals surface area contributed by atoms with E-state index in [-0.39, 0.29) is 17.9 Å². The first-order valence-corrected chi connectivity index (χ1v) is 6.44. The summed E-state index contributed by atoms with van der Waals surface area (Å²) in [6.07, 6.45) is 5.29. The molecule has 2 fully saturated rings. The monoisotopic (exact) mass is 240 g/mol. The van der Waals surface area contributed by atoms with Crippen molar-refractivity contribution in [2.45, 2.75) is 63.1 Å². The van der Waals surface area contributed by atoms with Crippen LogP contribution in [0.25, 0.3) is 0 Å². The molecular weight excluding hydrogens is 220 g/mol. The molecule has 1 saturated heterocycles. The summed E-state index contributed by atoms with van der Waals surface area (Å²) in [5.74, 6) is -0.214. The van der Waals surface area contributed by atoms with Gasteiger partial charge >= 0.3 is 0 Å². The Morgan fingerprint density at radius 3 is 2.71 bits per heavy atom. The number of amides is 2. The van der Waals surface area contributed by atoms with Crippen molar-refractivity contribution in [2.24, 2.45) is 0 Å². The Hall–Kier alpha value is -1.10. The van der Waals surface area contributed by atoms with Crippen LogP contribution in [0.2, 0.25) is 0 Å². The smallest absolute Gasteiger partial charge is 0.242 e. The lowest BCUT2D eigenvalue weighted by Crippen LogP contribution is -2.49. The summed E-state index contributed by atoms with van der Waals surface area (Å²) in [5, 5.41) is 15.4. The molecule has 3 unspecified atom stereocenters. The molecule has 3 atom stereocenters. The first-order chi connectivity index (χ1) is 8.16. The van der Waals surface area contributed by atoms with Crippen LogP contribution >= 0.6 is 0 Å². The van der Waals surface area contributed by atoms with Gasteiger partial charge in [-0.05, 0) is 19.3 Å². The molecule has 1 heterocycles. The van der Waals surface area contributed by atoms with Crippen LogP contribution in [0.4, 0.5) is 0 Å². The normalized spacial score (nSPS) is 33.9. The maximum Gasteiger partial charge on any atom is 0.242 e. The molecule has 1 saturated carbocycles. The lowest BCUT2D eigenvalue weighted by molar-refractivity contribution is -0.126. The number of aliphatic hydroxyl groups excluding tert-OH is 1. The van der Waals surface area contributed by atoms with Crippen molar-refractivity contribution in [3.63, 3.8) is 0 Å². The lowest BCUT2D eigenvalue weighted by atomic mass is 10.1. The maximum absolute atomic E-state index is 11.9. The van der Waals surface area contributed by atoms with Gasteiger partial charge in [-0.3, -0.25) is 9.59 Å². The summed E-state index contributed by atoms with van der Waals surface area (Å²) in [6, 6.07) is -0.555. The molecular formula is C12H20N2O3. The summed E-state index contributed by atoms with van der Waals surface area (Å²) in [5.41, 5.74) is 0. The minimum Gasteiger partial charge on any atom is -0.391 e. The molecule has 0 radical (unpaired) electrons. The van der Waals surface area contributed by atoms with Crippen LogP contribution in [0.3, 0.4) is 0 Å². The minimum absolute atomic E-state index is 0.0634. The Labute approximate surface area is 101 Å². The molecule has 2 aliphatic rings. The van der Waals surface area contributed by atoms with E-state index in [4.69, 9.17) is 0 Å². The van der Waals surface area contributed by atoms with Gasteiger partial charge in [0.25, 0.3) is 0 Å². The molecule has 0 spiro atoms. The highest BCUT2D eigenvalue weighted by atomic mass is 16.3. The van der Waals surface area contributed by atoms with Gasteiger partial charge in [0, 0.05) is 6.42 Å². The number of rotatable bonds is 2. The topological polar surface area (TPSA) is 78.4 Å². The third-order valence-corrected chi connectivity index (χ3v) is 3.62. The zero-order valence-corrected chi connectivity index (χ0v) is 9.95. The van der Waals surface area contributed by atoms with Crippen LogP contribution in [0.15, 0.2) is 0 Å². The van der Waals surface area contributed by atoms with E-state index in [0.717, 1.165) is 32.1 Å². The van der Waals surface area contributed by atoms with E-state index in [1.165, 1.54) is 0 Å². The SMILES string of the molecule is O=C1CCC(C(=O)NC2CCCCCC2O)N1. The van der Waals surface area contributed by atoms with Gasteiger partial charge in [0.15, 0.2) is 0 Å². The third kappa shape index (κ3) is 3.19. The summed E-state index contributed by atoms with van der Waals surface area (Å²) in [4.78, 5) is 22.9. The molecule has 1 aliphatic heterocycles. The molecule has 5 nitrogen and oxygen atoms in total. The van der Waals surface area contributed by atoms with Crippen molar-refractivity contribution in [2.75, 3.05) is 0 Å². The molecule has 0 bridgehead atoms. The van der Waals surface area contributed by atoms with Gasteiger partial charge in [0.1, 0.15) is 6.04 Å². The van der Waals surface area contributed by atoms with Crippen LogP contribution in [0.5, 0.6) is 0 Å². The van der Waals surface area contributed by atoms with E-state index in [2.05, 4.69) is 10.6 Å². The predicted octanol–water partition coefficient (Wildman–Crippen LogP) is 0.0748. The van der Waals surface area contributed by atoms with Gasteiger partial charge in [0.05, 0.1) is 12.1 Å². The Kier molecular flexibility index (Phi) is 3.99. The zero-order valence-electron chi connectivity index (χ0n) is 9.95. The van der Waals surface area contributed by atoms with Gasteiger partial charge in [-0.2, -0.15) is 0 Å². The third-order valence-electron chi connectivity index (χ3n) is 3.62. The maximum atomic E-state index is 11.9. The van der Waals surface area contributed by atoms with Crippen molar-refractivity contribution in [1.29, 1.82) is 0 Å². The fourth-order valence-electron chi connectivity index (χ4n) is 2.55. The molecule has 2 amide bonds. The number of hydrogen-bond acceptors (Lipinski definition) is 3. The molecule has 2 rings (SSSR count). The van der Waals surface area contributed by atoms with E-state index in [1.807, 2.05) is 0 Å². The van der Waals surface area contributed by atoms with Gasteiger partial charge in [-0.25, -0.2) is 0 Å². The van der Waals surface area contributed by atoms with E-state index in [9.17, 15) is 14.7 Å². The van der Waals surface area contributed by atoms with E-state index < -0.39 is 12.1 Å². The first kappa shape index (κ1) is 12.4. The predicted molar refractivity (Wildman–Crippen MR) is 62.2 cm³/mol. The minimum atomic E-state index is -0.446. The van der Waals surface area contributed by atoms with Crippen LogP contribution in [0.1, 0.15) is 44.9 Å². The first-order valence-electron chi connectivity index (χ1n) is 6.44. The van der Waals surface area contributed by atoms with E-state index >= 15 is 0 Å². The lowest BCUT2D eigenvalue weighted by Gasteiger charge is -2.23. The van der Waals surface area contributed by atoms with Crippen LogP contribution in [-0.4, -0.2) is 35.1 Å². The van der Waals surface area contributed by atoms with Crippen molar-refractivity contribution in [1.82, 2.24) is 10.6 Å². The second-order valence-electron chi connectivity index (χ2n) is 4.98. The molecule has 3 N–H and O–H groups in total. The summed E-state index contributed by atoms with van der Waals surface area (Å²) >= 11 is 0. The highest BCUT2D eigenvalue weighted by Crippen LogP contribution is 2.18. The van der Waals surface area contributed by atoms with Gasteiger partial charge < -0.3 is 15.7 Å². The number of hydrogen-bond donors (Lipinski definition) is 3. The number of carbonyl (C=O) groups excluding carboxylic acids is 2. The summed E-state index contributed by atoms with van der Waals surface area (Å²) in [6.45, 7) is 0. The average molecular weight is 240 g/mol. The van der Waals surface area contributed by atoms with Crippen LogP contribution in [-0.2, 0) is 9.59 Å². The molecule has 5 heteroatoms. The Bertz CT molecular complexity index is 306. The Morgan fingerprint density at radius 1 is 1.24 bits per heavy atom. The molecule has 0 aromatic heterocycles. The Morgan fingerprint density at radius 2 is 2.00 bits per heavy atom. The molecule has 0 aromatic rings. The Balaban J connectivity index is 1.86. The average Bonchev–Trinajstić information content (AvgIpc) is 2.63.